The van der Waals surface area contributed by atoms with E-state index in [0.717, 1.165) is 11.6 Å². The van der Waals surface area contributed by atoms with Gasteiger partial charge in [0, 0.05) is 0 Å². The van der Waals surface area contributed by atoms with Gasteiger partial charge in [-0.1, -0.05) is 30.3 Å². The number of aliphatic hydroxyl groups excluding tert-OH is 1. The first-order valence-electron chi connectivity index (χ1n) is 3.81. The summed E-state index contributed by atoms with van der Waals surface area (Å²) in [5, 5.41) is 11.6. The topological polar surface area (TPSA) is 20.2 Å². The quantitative estimate of drug-likeness (QED) is 0.546. The molecular formula is C10H10O. The average molecular weight is 146 g/mol. The number of fused-ring (bicyclic) bond motifs is 1. The van der Waals surface area contributed by atoms with Crippen molar-refractivity contribution < 1.29 is 5.11 Å². The Morgan fingerprint density at radius 3 is 2.73 bits per heavy atom. The van der Waals surface area contributed by atoms with Crippen LogP contribution in [-0.2, 0) is 0 Å². The molecule has 0 saturated carbocycles. The van der Waals surface area contributed by atoms with Crippen LogP contribution in [0.25, 0.3) is 12.2 Å². The summed E-state index contributed by atoms with van der Waals surface area (Å²) in [4.78, 5) is 0. The van der Waals surface area contributed by atoms with Gasteiger partial charge in [0.25, 0.3) is 0 Å². The fourth-order valence-corrected chi connectivity index (χ4v) is 1.37. The van der Waals surface area contributed by atoms with Crippen LogP contribution in [0.1, 0.15) is 6.42 Å². The summed E-state index contributed by atoms with van der Waals surface area (Å²) in [5.74, 6) is 0. The maximum atomic E-state index is 9.27. The lowest BCUT2D eigenvalue weighted by Crippen LogP contribution is -2.29. The standard InChI is InChI=1S/C10H10O/c11-10-6-5-8-3-1-2-4-9(8)7-10/h1-5,7,10-11H,6H2. The van der Waals surface area contributed by atoms with E-state index in [1.165, 1.54) is 5.22 Å². The van der Waals surface area contributed by atoms with Crippen LogP contribution in [0.5, 0.6) is 0 Å². The first kappa shape index (κ1) is 6.62. The summed E-state index contributed by atoms with van der Waals surface area (Å²) < 4.78 is 0. The molecule has 0 heterocycles. The first-order chi connectivity index (χ1) is 5.36. The van der Waals surface area contributed by atoms with Crippen LogP contribution in [0, 0.1) is 0 Å². The third-order valence-electron chi connectivity index (χ3n) is 1.95. The Hall–Kier alpha value is -1.08. The minimum atomic E-state index is -0.287. The van der Waals surface area contributed by atoms with Crippen LogP contribution in [0.2, 0.25) is 0 Å². The third-order valence-corrected chi connectivity index (χ3v) is 1.95. The zero-order valence-electron chi connectivity index (χ0n) is 6.20. The number of rotatable bonds is 0. The molecule has 1 nitrogen and oxygen atoms in total. The molecule has 0 saturated heterocycles. The molecule has 0 radical (unpaired) electrons. The molecule has 0 bridgehead atoms. The molecular weight excluding hydrogens is 136 g/mol. The largest absolute Gasteiger partial charge is 0.389 e. The van der Waals surface area contributed by atoms with Gasteiger partial charge in [-0.2, -0.15) is 0 Å². The van der Waals surface area contributed by atoms with Crippen LogP contribution >= 0.6 is 0 Å². The highest BCUT2D eigenvalue weighted by molar-refractivity contribution is 5.41. The van der Waals surface area contributed by atoms with E-state index in [2.05, 4.69) is 12.1 Å². The van der Waals surface area contributed by atoms with Crippen molar-refractivity contribution in [3.63, 3.8) is 0 Å². The van der Waals surface area contributed by atoms with Gasteiger partial charge in [-0.05, 0) is 22.9 Å². The van der Waals surface area contributed by atoms with E-state index in [0.29, 0.717) is 0 Å². The summed E-state index contributed by atoms with van der Waals surface area (Å²) >= 11 is 0. The number of hydrogen-bond acceptors (Lipinski definition) is 1. The van der Waals surface area contributed by atoms with E-state index in [4.69, 9.17) is 0 Å². The van der Waals surface area contributed by atoms with E-state index in [1.807, 2.05) is 24.3 Å². The van der Waals surface area contributed by atoms with Crippen molar-refractivity contribution in [1.82, 2.24) is 0 Å². The smallest absolute Gasteiger partial charge is 0.0764 e. The normalized spacial score (nSPS) is 21.4. The molecule has 1 aromatic rings. The summed E-state index contributed by atoms with van der Waals surface area (Å²) in [6, 6.07) is 8.09. The van der Waals surface area contributed by atoms with Gasteiger partial charge in [0.15, 0.2) is 0 Å². The molecule has 0 aliphatic heterocycles. The Labute approximate surface area is 65.3 Å². The average Bonchev–Trinajstić information content (AvgIpc) is 2.04. The van der Waals surface area contributed by atoms with Crippen molar-refractivity contribution in [2.45, 2.75) is 12.5 Å². The molecule has 1 aromatic carbocycles. The molecule has 56 valence electrons. The second-order valence-electron chi connectivity index (χ2n) is 2.80. The van der Waals surface area contributed by atoms with Crippen LogP contribution in [0.4, 0.5) is 0 Å². The van der Waals surface area contributed by atoms with Crippen LogP contribution in [0.15, 0.2) is 24.3 Å². The fraction of sp³-hybridized carbons (Fsp3) is 0.200. The molecule has 0 spiro atoms. The van der Waals surface area contributed by atoms with Crippen molar-refractivity contribution in [1.29, 1.82) is 0 Å². The fourth-order valence-electron chi connectivity index (χ4n) is 1.37. The molecule has 11 heavy (non-hydrogen) atoms. The van der Waals surface area contributed by atoms with Gasteiger partial charge in [-0.15, -0.1) is 0 Å². The highest BCUT2D eigenvalue weighted by atomic mass is 16.3. The van der Waals surface area contributed by atoms with Gasteiger partial charge in [-0.25, -0.2) is 0 Å². The Kier molecular flexibility index (Phi) is 1.51. The lowest BCUT2D eigenvalue weighted by Gasteiger charge is -2.05. The van der Waals surface area contributed by atoms with E-state index in [1.54, 1.807) is 0 Å². The van der Waals surface area contributed by atoms with Gasteiger partial charge in [0.2, 0.25) is 0 Å². The van der Waals surface area contributed by atoms with E-state index >= 15 is 0 Å². The summed E-state index contributed by atoms with van der Waals surface area (Å²) in [6.07, 6.45) is 4.43. The summed E-state index contributed by atoms with van der Waals surface area (Å²) in [5.41, 5.74) is 0. The lowest BCUT2D eigenvalue weighted by atomic mass is 10.1. The second-order valence-corrected chi connectivity index (χ2v) is 2.80. The lowest BCUT2D eigenvalue weighted by molar-refractivity contribution is 0.244. The first-order valence-corrected chi connectivity index (χ1v) is 3.81. The van der Waals surface area contributed by atoms with Gasteiger partial charge >= 0.3 is 0 Å². The molecule has 0 fully saturated rings. The van der Waals surface area contributed by atoms with Gasteiger partial charge < -0.3 is 5.11 Å². The summed E-state index contributed by atoms with van der Waals surface area (Å²) in [6.45, 7) is 0. The molecule has 1 atom stereocenters. The molecule has 1 unspecified atom stereocenters. The van der Waals surface area contributed by atoms with Gasteiger partial charge in [0.1, 0.15) is 0 Å². The number of aliphatic hydroxyl groups is 1. The Morgan fingerprint density at radius 1 is 1.18 bits per heavy atom. The second kappa shape index (κ2) is 2.51. The zero-order chi connectivity index (χ0) is 7.68. The van der Waals surface area contributed by atoms with Gasteiger partial charge in [-0.3, -0.25) is 0 Å². The van der Waals surface area contributed by atoms with E-state index in [-0.39, 0.29) is 6.10 Å². The number of benzene rings is 1. The molecule has 0 aromatic heterocycles. The van der Waals surface area contributed by atoms with Crippen molar-refractivity contribution >= 4 is 12.2 Å². The number of hydrogen-bond donors (Lipinski definition) is 1. The van der Waals surface area contributed by atoms with Crippen molar-refractivity contribution in [2.75, 3.05) is 0 Å². The SMILES string of the molecule is OC1C=c2ccccc2=CC1. The Morgan fingerprint density at radius 2 is 1.91 bits per heavy atom. The Bertz CT molecular complexity index is 365. The molecule has 0 amide bonds. The monoisotopic (exact) mass is 146 g/mol. The summed E-state index contributed by atoms with van der Waals surface area (Å²) in [7, 11) is 0. The molecule has 1 aliphatic carbocycles. The predicted molar refractivity (Wildman–Crippen MR) is 45.2 cm³/mol. The van der Waals surface area contributed by atoms with E-state index < -0.39 is 0 Å². The van der Waals surface area contributed by atoms with Crippen molar-refractivity contribution in [3.05, 3.63) is 34.7 Å². The van der Waals surface area contributed by atoms with Gasteiger partial charge in [0.05, 0.1) is 6.10 Å². The third kappa shape index (κ3) is 1.19. The van der Waals surface area contributed by atoms with Crippen molar-refractivity contribution in [2.24, 2.45) is 0 Å². The molecule has 1 N–H and O–H groups in total. The molecule has 1 heteroatoms. The molecule has 1 aliphatic rings. The predicted octanol–water partition coefficient (Wildman–Crippen LogP) is 0.0122. The maximum Gasteiger partial charge on any atom is 0.0764 e. The molecule has 2 rings (SSSR count). The maximum absolute atomic E-state index is 9.27. The minimum Gasteiger partial charge on any atom is -0.389 e. The van der Waals surface area contributed by atoms with E-state index in [9.17, 15) is 5.11 Å². The zero-order valence-corrected chi connectivity index (χ0v) is 6.20. The van der Waals surface area contributed by atoms with Crippen LogP contribution in [-0.4, -0.2) is 11.2 Å². The Balaban J connectivity index is 2.73. The van der Waals surface area contributed by atoms with Crippen molar-refractivity contribution in [3.8, 4) is 0 Å². The highest BCUT2D eigenvalue weighted by Crippen LogP contribution is 1.96. The highest BCUT2D eigenvalue weighted by Gasteiger charge is 2.00. The minimum absolute atomic E-state index is 0.287. The van der Waals surface area contributed by atoms with Crippen LogP contribution in [0.3, 0.4) is 0 Å². The van der Waals surface area contributed by atoms with Crippen LogP contribution < -0.4 is 10.4 Å².